The van der Waals surface area contributed by atoms with Crippen LogP contribution in [0.15, 0.2) is 34.5 Å². The van der Waals surface area contributed by atoms with Gasteiger partial charge in [-0.3, -0.25) is 4.79 Å². The Kier molecular flexibility index (Phi) is 6.01. The molecule has 0 radical (unpaired) electrons. The third-order valence-electron chi connectivity index (χ3n) is 4.17. The van der Waals surface area contributed by atoms with Gasteiger partial charge in [-0.15, -0.1) is 23.1 Å². The maximum Gasteiger partial charge on any atom is 0.244 e. The van der Waals surface area contributed by atoms with Crippen LogP contribution in [0.3, 0.4) is 0 Å². The Bertz CT molecular complexity index is 895. The highest BCUT2D eigenvalue weighted by molar-refractivity contribution is 8.00. The zero-order chi connectivity index (χ0) is 18.7. The van der Waals surface area contributed by atoms with Crippen LogP contribution in [0.25, 0.3) is 0 Å². The molecule has 1 atom stereocenters. The summed E-state index contributed by atoms with van der Waals surface area (Å²) >= 11 is 3.03. The number of rotatable bonds is 6. The van der Waals surface area contributed by atoms with Gasteiger partial charge in [0.2, 0.25) is 15.9 Å². The molecule has 1 aliphatic rings. The zero-order valence-corrected chi connectivity index (χ0v) is 17.1. The molecule has 140 valence electrons. The number of nitrogens with zero attached hydrogens (tertiary/aromatic N) is 2. The van der Waals surface area contributed by atoms with Crippen molar-refractivity contribution in [1.82, 2.24) is 14.6 Å². The van der Waals surface area contributed by atoms with Gasteiger partial charge in [-0.25, -0.2) is 13.4 Å². The quantitative estimate of drug-likeness (QED) is 0.788. The Morgan fingerprint density at radius 2 is 2.12 bits per heavy atom. The highest BCUT2D eigenvalue weighted by Crippen LogP contribution is 2.29. The van der Waals surface area contributed by atoms with Crippen LogP contribution in [-0.4, -0.2) is 47.8 Å². The van der Waals surface area contributed by atoms with Crippen LogP contribution >= 0.6 is 23.1 Å². The van der Waals surface area contributed by atoms with Gasteiger partial charge in [-0.2, -0.15) is 4.31 Å². The Labute approximate surface area is 162 Å². The van der Waals surface area contributed by atoms with E-state index in [1.807, 2.05) is 12.3 Å². The minimum Gasteiger partial charge on any atom is -0.354 e. The second-order valence-electron chi connectivity index (χ2n) is 6.07. The summed E-state index contributed by atoms with van der Waals surface area (Å²) in [4.78, 5) is 17.2. The standard InChI is InChI=1S/C17H21N3O3S3/c1-12-5-3-4-6-16(12)26(22,23)20-11-24-10-15(20)17(21)18-8-7-14-9-25-13(2)19-14/h3-6,9,15H,7-8,10-11H2,1-2H3,(H,18,21)/t15-/m1/s1. The number of hydrogen-bond donors (Lipinski definition) is 1. The van der Waals surface area contributed by atoms with E-state index in [1.54, 1.807) is 42.5 Å². The number of thiazole rings is 1. The van der Waals surface area contributed by atoms with Crippen LogP contribution in [-0.2, 0) is 21.2 Å². The molecule has 0 aliphatic carbocycles. The number of hydrogen-bond acceptors (Lipinski definition) is 6. The van der Waals surface area contributed by atoms with Gasteiger partial charge in [-0.05, 0) is 25.5 Å². The van der Waals surface area contributed by atoms with Gasteiger partial charge in [0.15, 0.2) is 0 Å². The van der Waals surface area contributed by atoms with Crippen molar-refractivity contribution in [1.29, 1.82) is 0 Å². The lowest BCUT2D eigenvalue weighted by Crippen LogP contribution is -2.47. The van der Waals surface area contributed by atoms with E-state index < -0.39 is 16.1 Å². The van der Waals surface area contributed by atoms with Crippen molar-refractivity contribution >= 4 is 39.0 Å². The molecule has 2 aromatic rings. The Balaban J connectivity index is 1.67. The number of thioether (sulfide) groups is 1. The summed E-state index contributed by atoms with van der Waals surface area (Å²) in [5.41, 5.74) is 1.63. The number of sulfonamides is 1. The third-order valence-corrected chi connectivity index (χ3v) is 8.18. The highest BCUT2D eigenvalue weighted by Gasteiger charge is 2.40. The zero-order valence-electron chi connectivity index (χ0n) is 14.6. The second kappa shape index (κ2) is 8.08. The molecule has 1 N–H and O–H groups in total. The van der Waals surface area contributed by atoms with Gasteiger partial charge >= 0.3 is 0 Å². The van der Waals surface area contributed by atoms with Crippen LogP contribution in [0.5, 0.6) is 0 Å². The average molecular weight is 412 g/mol. The molecule has 2 heterocycles. The van der Waals surface area contributed by atoms with Crippen LogP contribution in [0.1, 0.15) is 16.3 Å². The van der Waals surface area contributed by atoms with Crippen molar-refractivity contribution in [2.24, 2.45) is 0 Å². The lowest BCUT2D eigenvalue weighted by Gasteiger charge is -2.23. The van der Waals surface area contributed by atoms with Crippen molar-refractivity contribution in [3.8, 4) is 0 Å². The van der Waals surface area contributed by atoms with Crippen molar-refractivity contribution in [3.63, 3.8) is 0 Å². The molecule has 0 spiro atoms. The first-order valence-corrected chi connectivity index (χ1v) is 11.7. The van der Waals surface area contributed by atoms with E-state index in [0.29, 0.717) is 30.2 Å². The fourth-order valence-electron chi connectivity index (χ4n) is 2.80. The fraction of sp³-hybridized carbons (Fsp3) is 0.412. The molecule has 9 heteroatoms. The summed E-state index contributed by atoms with van der Waals surface area (Å²) in [5, 5.41) is 5.83. The van der Waals surface area contributed by atoms with E-state index in [4.69, 9.17) is 0 Å². The van der Waals surface area contributed by atoms with E-state index in [-0.39, 0.29) is 10.8 Å². The van der Waals surface area contributed by atoms with Gasteiger partial charge in [0.1, 0.15) is 6.04 Å². The van der Waals surface area contributed by atoms with Gasteiger partial charge < -0.3 is 5.32 Å². The van der Waals surface area contributed by atoms with Crippen LogP contribution in [0, 0.1) is 13.8 Å². The number of aryl methyl sites for hydroxylation is 2. The van der Waals surface area contributed by atoms with E-state index in [0.717, 1.165) is 10.7 Å². The number of nitrogens with one attached hydrogen (secondary N) is 1. The Hall–Kier alpha value is -1.42. The predicted molar refractivity (Wildman–Crippen MR) is 105 cm³/mol. The van der Waals surface area contributed by atoms with Crippen LogP contribution in [0.2, 0.25) is 0 Å². The first-order valence-electron chi connectivity index (χ1n) is 8.23. The normalized spacial score (nSPS) is 18.2. The first kappa shape index (κ1) is 19.3. The van der Waals surface area contributed by atoms with Gasteiger partial charge in [-0.1, -0.05) is 18.2 Å². The van der Waals surface area contributed by atoms with Gasteiger partial charge in [0.25, 0.3) is 0 Å². The molecule has 0 saturated carbocycles. The Morgan fingerprint density at radius 3 is 2.81 bits per heavy atom. The largest absolute Gasteiger partial charge is 0.354 e. The molecule has 1 saturated heterocycles. The van der Waals surface area contributed by atoms with Crippen molar-refractivity contribution in [3.05, 3.63) is 45.9 Å². The van der Waals surface area contributed by atoms with Gasteiger partial charge in [0.05, 0.1) is 21.5 Å². The second-order valence-corrected chi connectivity index (χ2v) is 9.99. The van der Waals surface area contributed by atoms with Crippen LogP contribution in [0.4, 0.5) is 0 Å². The lowest BCUT2D eigenvalue weighted by atomic mass is 10.2. The van der Waals surface area contributed by atoms with Crippen molar-refractivity contribution in [2.45, 2.75) is 31.2 Å². The summed E-state index contributed by atoms with van der Waals surface area (Å²) in [7, 11) is -3.70. The molecule has 1 aromatic carbocycles. The molecule has 1 amide bonds. The molecule has 1 aliphatic heterocycles. The SMILES string of the molecule is Cc1nc(CCNC(=O)[C@H]2CSCN2S(=O)(=O)c2ccccc2C)cs1. The molecule has 0 bridgehead atoms. The van der Waals surface area contributed by atoms with Gasteiger partial charge in [0, 0.05) is 24.1 Å². The molecule has 26 heavy (non-hydrogen) atoms. The molecule has 1 fully saturated rings. The maximum atomic E-state index is 13.0. The van der Waals surface area contributed by atoms with E-state index in [9.17, 15) is 13.2 Å². The fourth-order valence-corrected chi connectivity index (χ4v) is 6.82. The molecule has 1 aromatic heterocycles. The molecular weight excluding hydrogens is 390 g/mol. The monoisotopic (exact) mass is 411 g/mol. The van der Waals surface area contributed by atoms with E-state index >= 15 is 0 Å². The number of amides is 1. The predicted octanol–water partition coefficient (Wildman–Crippen LogP) is 2.18. The number of benzene rings is 1. The molecule has 3 rings (SSSR count). The van der Waals surface area contributed by atoms with Crippen LogP contribution < -0.4 is 5.32 Å². The molecule has 0 unspecified atom stereocenters. The van der Waals surface area contributed by atoms with E-state index in [1.165, 1.54) is 16.1 Å². The Morgan fingerprint density at radius 1 is 1.35 bits per heavy atom. The molecular formula is C17H21N3O3S3. The minimum absolute atomic E-state index is 0.251. The lowest BCUT2D eigenvalue weighted by molar-refractivity contribution is -0.123. The maximum absolute atomic E-state index is 13.0. The third kappa shape index (κ3) is 4.11. The minimum atomic E-state index is -3.70. The summed E-state index contributed by atoms with van der Waals surface area (Å²) in [6, 6.07) is 6.18. The summed E-state index contributed by atoms with van der Waals surface area (Å²) in [6.45, 7) is 4.15. The number of carbonyl (C=O) groups is 1. The average Bonchev–Trinajstić information content (AvgIpc) is 3.24. The highest BCUT2D eigenvalue weighted by atomic mass is 32.2. The van der Waals surface area contributed by atoms with Crippen molar-refractivity contribution < 1.29 is 13.2 Å². The topological polar surface area (TPSA) is 79.4 Å². The number of carbonyl (C=O) groups excluding carboxylic acids is 1. The van der Waals surface area contributed by atoms with Crippen molar-refractivity contribution in [2.75, 3.05) is 18.2 Å². The van der Waals surface area contributed by atoms with E-state index in [2.05, 4.69) is 10.3 Å². The first-order chi connectivity index (χ1) is 12.4. The summed E-state index contributed by atoms with van der Waals surface area (Å²) < 4.78 is 27.3. The number of aromatic nitrogens is 1. The smallest absolute Gasteiger partial charge is 0.244 e. The molecule has 6 nitrogen and oxygen atoms in total. The summed E-state index contributed by atoms with van der Waals surface area (Å²) in [5.74, 6) is 0.506. The summed E-state index contributed by atoms with van der Waals surface area (Å²) in [6.07, 6.45) is 0.639.